The number of nitrogens with zero attached hydrogens (tertiary/aromatic N) is 2. The molecule has 0 aromatic carbocycles. The number of carbonyl (C=O) groups is 1. The highest BCUT2D eigenvalue weighted by Crippen LogP contribution is 2.41. The van der Waals surface area contributed by atoms with Gasteiger partial charge in [0.1, 0.15) is 5.01 Å². The van der Waals surface area contributed by atoms with Crippen LogP contribution in [0, 0.1) is 0 Å². The van der Waals surface area contributed by atoms with Crippen LogP contribution in [0.15, 0.2) is 23.6 Å². The van der Waals surface area contributed by atoms with E-state index in [9.17, 15) is 4.79 Å². The molecule has 1 aliphatic carbocycles. The summed E-state index contributed by atoms with van der Waals surface area (Å²) >= 11 is 3.07. The molecular weight excluding hydrogens is 266 g/mol. The zero-order valence-electron chi connectivity index (χ0n) is 9.50. The molecule has 0 bridgehead atoms. The fourth-order valence-corrected chi connectivity index (χ4v) is 3.00. The molecule has 1 saturated carbocycles. The number of hydrogen-bond donors (Lipinski definition) is 1. The first-order valence-electron chi connectivity index (χ1n) is 5.67. The zero-order chi connectivity index (χ0) is 12.4. The number of nitrogens with one attached hydrogen (secondary N) is 1. The predicted molar refractivity (Wildman–Crippen MR) is 73.9 cm³/mol. The summed E-state index contributed by atoms with van der Waals surface area (Å²) in [6.07, 6.45) is 5.70. The maximum Gasteiger partial charge on any atom is 0.250 e. The number of anilines is 1. The largest absolute Gasteiger partial charge is 0.297 e. The van der Waals surface area contributed by atoms with Gasteiger partial charge in [0.05, 0.1) is 0 Å². The van der Waals surface area contributed by atoms with Gasteiger partial charge in [-0.05, 0) is 30.4 Å². The molecule has 1 aliphatic rings. The molecule has 6 heteroatoms. The minimum atomic E-state index is -0.165. The molecule has 2 heterocycles. The lowest BCUT2D eigenvalue weighted by atomic mass is 10.4. The summed E-state index contributed by atoms with van der Waals surface area (Å²) < 4.78 is 0. The molecule has 1 amide bonds. The monoisotopic (exact) mass is 277 g/mol. The topological polar surface area (TPSA) is 54.9 Å². The van der Waals surface area contributed by atoms with Crippen LogP contribution in [0.3, 0.4) is 0 Å². The first-order valence-corrected chi connectivity index (χ1v) is 7.37. The lowest BCUT2D eigenvalue weighted by molar-refractivity contribution is -0.111. The van der Waals surface area contributed by atoms with Crippen molar-refractivity contribution >= 4 is 39.8 Å². The first-order chi connectivity index (χ1) is 8.81. The Balaban J connectivity index is 1.59. The van der Waals surface area contributed by atoms with E-state index in [2.05, 4.69) is 15.5 Å². The molecule has 4 nitrogen and oxygen atoms in total. The Labute approximate surface area is 112 Å². The summed E-state index contributed by atoms with van der Waals surface area (Å²) in [5, 5.41) is 14.4. The highest BCUT2D eigenvalue weighted by Gasteiger charge is 2.27. The molecule has 92 valence electrons. The average molecular weight is 277 g/mol. The standard InChI is InChI=1S/C12H11N3OS2/c16-10(6-5-9-2-1-7-17-9)13-12-15-14-11(18-12)8-3-4-8/h1-2,5-8H,3-4H2,(H,13,15,16)/b6-5+. The molecule has 0 saturated heterocycles. The van der Waals surface area contributed by atoms with E-state index >= 15 is 0 Å². The molecule has 0 unspecified atom stereocenters. The van der Waals surface area contributed by atoms with Gasteiger partial charge in [-0.15, -0.1) is 21.5 Å². The van der Waals surface area contributed by atoms with E-state index in [0.29, 0.717) is 11.0 Å². The second-order valence-electron chi connectivity index (χ2n) is 4.06. The predicted octanol–water partition coefficient (Wildman–Crippen LogP) is 3.13. The molecule has 0 radical (unpaired) electrons. The Morgan fingerprint density at radius 1 is 1.44 bits per heavy atom. The van der Waals surface area contributed by atoms with Crippen molar-refractivity contribution in [2.75, 3.05) is 5.32 Å². The molecule has 1 fully saturated rings. The fraction of sp³-hybridized carbons (Fsp3) is 0.250. The SMILES string of the molecule is O=C(/C=C/c1cccs1)Nc1nnc(C2CC2)s1. The van der Waals surface area contributed by atoms with Crippen molar-refractivity contribution in [2.24, 2.45) is 0 Å². The molecular formula is C12H11N3OS2. The summed E-state index contributed by atoms with van der Waals surface area (Å²) in [6, 6.07) is 3.92. The second-order valence-corrected chi connectivity index (χ2v) is 6.05. The van der Waals surface area contributed by atoms with Gasteiger partial charge in [0.2, 0.25) is 11.0 Å². The highest BCUT2D eigenvalue weighted by molar-refractivity contribution is 7.15. The van der Waals surface area contributed by atoms with Crippen molar-refractivity contribution in [3.05, 3.63) is 33.5 Å². The lowest BCUT2D eigenvalue weighted by Crippen LogP contribution is -2.07. The third-order valence-corrected chi connectivity index (χ3v) is 4.38. The molecule has 2 aromatic rings. The number of aromatic nitrogens is 2. The van der Waals surface area contributed by atoms with E-state index in [-0.39, 0.29) is 5.91 Å². The minimum Gasteiger partial charge on any atom is -0.297 e. The van der Waals surface area contributed by atoms with Gasteiger partial charge >= 0.3 is 0 Å². The summed E-state index contributed by atoms with van der Waals surface area (Å²) in [4.78, 5) is 12.7. The number of rotatable bonds is 4. The Morgan fingerprint density at radius 3 is 3.06 bits per heavy atom. The first kappa shape index (κ1) is 11.6. The van der Waals surface area contributed by atoms with Gasteiger partial charge in [-0.2, -0.15) is 0 Å². The van der Waals surface area contributed by atoms with E-state index < -0.39 is 0 Å². The molecule has 18 heavy (non-hydrogen) atoms. The van der Waals surface area contributed by atoms with Crippen molar-refractivity contribution in [2.45, 2.75) is 18.8 Å². The summed E-state index contributed by atoms with van der Waals surface area (Å²) in [5.41, 5.74) is 0. The Morgan fingerprint density at radius 2 is 2.33 bits per heavy atom. The molecule has 0 spiro atoms. The van der Waals surface area contributed by atoms with E-state index in [1.165, 1.54) is 30.3 Å². The van der Waals surface area contributed by atoms with Gasteiger partial charge in [0.15, 0.2) is 0 Å². The van der Waals surface area contributed by atoms with E-state index in [4.69, 9.17) is 0 Å². The Kier molecular flexibility index (Phi) is 3.21. The van der Waals surface area contributed by atoms with Crippen molar-refractivity contribution < 1.29 is 4.79 Å². The Hall–Kier alpha value is -1.53. The van der Waals surface area contributed by atoms with Crippen LogP contribution in [-0.4, -0.2) is 16.1 Å². The van der Waals surface area contributed by atoms with Crippen molar-refractivity contribution in [3.8, 4) is 0 Å². The average Bonchev–Trinajstić information content (AvgIpc) is 2.90. The van der Waals surface area contributed by atoms with Gasteiger partial charge in [-0.1, -0.05) is 17.4 Å². The van der Waals surface area contributed by atoms with Crippen LogP contribution >= 0.6 is 22.7 Å². The maximum atomic E-state index is 11.6. The van der Waals surface area contributed by atoms with Crippen molar-refractivity contribution in [1.29, 1.82) is 0 Å². The highest BCUT2D eigenvalue weighted by atomic mass is 32.1. The molecule has 2 aromatic heterocycles. The summed E-state index contributed by atoms with van der Waals surface area (Å²) in [5.74, 6) is 0.414. The van der Waals surface area contributed by atoms with E-state index in [0.717, 1.165) is 9.88 Å². The van der Waals surface area contributed by atoms with Gasteiger partial charge in [-0.25, -0.2) is 0 Å². The summed E-state index contributed by atoms with van der Waals surface area (Å²) in [6.45, 7) is 0. The zero-order valence-corrected chi connectivity index (χ0v) is 11.1. The lowest BCUT2D eigenvalue weighted by Gasteiger charge is -1.93. The molecule has 3 rings (SSSR count). The number of carbonyl (C=O) groups excluding carboxylic acids is 1. The van der Waals surface area contributed by atoms with Crippen molar-refractivity contribution in [3.63, 3.8) is 0 Å². The smallest absolute Gasteiger partial charge is 0.250 e. The van der Waals surface area contributed by atoms with Crippen LogP contribution in [-0.2, 0) is 4.79 Å². The third kappa shape index (κ3) is 2.83. The molecule has 0 aliphatic heterocycles. The van der Waals surface area contributed by atoms with E-state index in [1.807, 2.05) is 17.5 Å². The number of thiophene rings is 1. The van der Waals surface area contributed by atoms with Gasteiger partial charge in [0, 0.05) is 16.9 Å². The fourth-order valence-electron chi connectivity index (χ4n) is 1.47. The molecule has 0 atom stereocenters. The Bertz CT molecular complexity index is 570. The second kappa shape index (κ2) is 4.99. The van der Waals surface area contributed by atoms with Crippen molar-refractivity contribution in [1.82, 2.24) is 10.2 Å². The van der Waals surface area contributed by atoms with Gasteiger partial charge in [0.25, 0.3) is 0 Å². The van der Waals surface area contributed by atoms with Crippen LogP contribution in [0.5, 0.6) is 0 Å². The van der Waals surface area contributed by atoms with Gasteiger partial charge in [-0.3, -0.25) is 10.1 Å². The quantitative estimate of drug-likeness (QED) is 0.874. The maximum absolute atomic E-state index is 11.6. The number of amides is 1. The van der Waals surface area contributed by atoms with Crippen LogP contribution in [0.25, 0.3) is 6.08 Å². The molecule has 1 N–H and O–H groups in total. The number of hydrogen-bond acceptors (Lipinski definition) is 5. The van der Waals surface area contributed by atoms with Crippen LogP contribution in [0.2, 0.25) is 0 Å². The van der Waals surface area contributed by atoms with E-state index in [1.54, 1.807) is 17.4 Å². The van der Waals surface area contributed by atoms with Crippen LogP contribution < -0.4 is 5.32 Å². The third-order valence-electron chi connectivity index (χ3n) is 2.54. The minimum absolute atomic E-state index is 0.165. The normalized spacial score (nSPS) is 15.1. The van der Waals surface area contributed by atoms with Gasteiger partial charge < -0.3 is 0 Å². The van der Waals surface area contributed by atoms with Crippen LogP contribution in [0.1, 0.15) is 28.6 Å². The summed E-state index contributed by atoms with van der Waals surface area (Å²) in [7, 11) is 0. The van der Waals surface area contributed by atoms with Crippen LogP contribution in [0.4, 0.5) is 5.13 Å².